The van der Waals surface area contributed by atoms with Crippen molar-refractivity contribution in [1.82, 2.24) is 4.98 Å². The molecule has 16 heavy (non-hydrogen) atoms. The summed E-state index contributed by atoms with van der Waals surface area (Å²) in [5, 5.41) is 2.62. The van der Waals surface area contributed by atoms with Gasteiger partial charge in [0.25, 0.3) is 0 Å². The van der Waals surface area contributed by atoms with E-state index in [1.165, 1.54) is 41.2 Å². The van der Waals surface area contributed by atoms with Gasteiger partial charge in [0.05, 0.1) is 0 Å². The number of fused-ring (bicyclic) bond motifs is 2. The minimum Gasteiger partial charge on any atom is -0.330 e. The van der Waals surface area contributed by atoms with Crippen LogP contribution in [0.25, 0.3) is 10.8 Å². The number of nitrogens with zero attached hydrogens (tertiary/aromatic N) is 1. The van der Waals surface area contributed by atoms with Gasteiger partial charge in [-0.3, -0.25) is 4.98 Å². The van der Waals surface area contributed by atoms with Crippen LogP contribution >= 0.6 is 0 Å². The van der Waals surface area contributed by atoms with Gasteiger partial charge < -0.3 is 5.73 Å². The molecule has 0 saturated heterocycles. The van der Waals surface area contributed by atoms with Crippen LogP contribution in [0.15, 0.2) is 24.4 Å². The Hall–Kier alpha value is -1.41. The SMILES string of the molecule is NCCc1nccc2cc3c(cc12)CCC3. The van der Waals surface area contributed by atoms with E-state index in [0.29, 0.717) is 6.54 Å². The zero-order chi connectivity index (χ0) is 11.0. The van der Waals surface area contributed by atoms with Gasteiger partial charge in [-0.1, -0.05) is 6.07 Å². The van der Waals surface area contributed by atoms with E-state index in [1.807, 2.05) is 6.20 Å². The third-order valence-corrected chi connectivity index (χ3v) is 3.44. The molecule has 2 N–H and O–H groups in total. The van der Waals surface area contributed by atoms with Gasteiger partial charge in [0.2, 0.25) is 0 Å². The standard InChI is InChI=1S/C14H16N2/c15-6-4-14-13-9-11-3-1-2-10(11)8-12(13)5-7-16-14/h5,7-9H,1-4,6,15H2. The van der Waals surface area contributed by atoms with Crippen molar-refractivity contribution in [2.75, 3.05) is 6.54 Å². The first kappa shape index (κ1) is 9.79. The number of nitrogens with two attached hydrogens (primary N) is 1. The summed E-state index contributed by atoms with van der Waals surface area (Å²) in [6.07, 6.45) is 6.53. The maximum absolute atomic E-state index is 5.62. The number of rotatable bonds is 2. The molecule has 2 aromatic rings. The number of aryl methyl sites for hydroxylation is 2. The molecule has 0 amide bonds. The van der Waals surface area contributed by atoms with E-state index in [4.69, 9.17) is 5.73 Å². The average Bonchev–Trinajstić information content (AvgIpc) is 2.74. The topological polar surface area (TPSA) is 38.9 Å². The minimum atomic E-state index is 0.670. The molecule has 1 aromatic carbocycles. The molecule has 3 rings (SSSR count). The number of pyridine rings is 1. The average molecular weight is 212 g/mol. The van der Waals surface area contributed by atoms with Crippen LogP contribution in [0, 0.1) is 0 Å². The Bertz CT molecular complexity index is 531. The van der Waals surface area contributed by atoms with Gasteiger partial charge in [0.15, 0.2) is 0 Å². The Labute approximate surface area is 95.5 Å². The lowest BCUT2D eigenvalue weighted by Gasteiger charge is -2.07. The first-order valence-electron chi connectivity index (χ1n) is 5.98. The normalized spacial score (nSPS) is 14.3. The molecule has 1 aromatic heterocycles. The van der Waals surface area contributed by atoms with E-state index in [2.05, 4.69) is 23.2 Å². The molecule has 0 fully saturated rings. The Morgan fingerprint density at radius 1 is 1.19 bits per heavy atom. The molecule has 0 unspecified atom stereocenters. The molecular formula is C14H16N2. The monoisotopic (exact) mass is 212 g/mol. The van der Waals surface area contributed by atoms with Crippen LogP contribution in [0.5, 0.6) is 0 Å². The van der Waals surface area contributed by atoms with Crippen LogP contribution in [-0.2, 0) is 19.3 Å². The summed E-state index contributed by atoms with van der Waals surface area (Å²) in [7, 11) is 0. The van der Waals surface area contributed by atoms with E-state index in [0.717, 1.165) is 12.1 Å². The van der Waals surface area contributed by atoms with Crippen LogP contribution in [0.2, 0.25) is 0 Å². The highest BCUT2D eigenvalue weighted by molar-refractivity contribution is 5.86. The quantitative estimate of drug-likeness (QED) is 0.829. The van der Waals surface area contributed by atoms with Gasteiger partial charge in [0, 0.05) is 23.7 Å². The molecule has 2 heteroatoms. The molecule has 1 aliphatic carbocycles. The van der Waals surface area contributed by atoms with Gasteiger partial charge in [-0.25, -0.2) is 0 Å². The van der Waals surface area contributed by atoms with Gasteiger partial charge in [-0.05, 0) is 54.5 Å². The second-order valence-corrected chi connectivity index (χ2v) is 4.49. The highest BCUT2D eigenvalue weighted by Gasteiger charge is 2.12. The van der Waals surface area contributed by atoms with Crippen molar-refractivity contribution in [3.8, 4) is 0 Å². The van der Waals surface area contributed by atoms with Crippen molar-refractivity contribution < 1.29 is 0 Å². The van der Waals surface area contributed by atoms with Crippen LogP contribution in [0.1, 0.15) is 23.2 Å². The van der Waals surface area contributed by atoms with Crippen LogP contribution in [0.3, 0.4) is 0 Å². The minimum absolute atomic E-state index is 0.670. The summed E-state index contributed by atoms with van der Waals surface area (Å²) >= 11 is 0. The van der Waals surface area contributed by atoms with Crippen molar-refractivity contribution in [2.24, 2.45) is 5.73 Å². The number of hydrogen-bond acceptors (Lipinski definition) is 2. The predicted molar refractivity (Wildman–Crippen MR) is 66.5 cm³/mol. The Morgan fingerprint density at radius 3 is 2.81 bits per heavy atom. The lowest BCUT2D eigenvalue weighted by atomic mass is 10.0. The highest BCUT2D eigenvalue weighted by atomic mass is 14.7. The smallest absolute Gasteiger partial charge is 0.0494 e. The lowest BCUT2D eigenvalue weighted by Crippen LogP contribution is -2.05. The van der Waals surface area contributed by atoms with Crippen molar-refractivity contribution in [3.63, 3.8) is 0 Å². The molecule has 1 aliphatic rings. The van der Waals surface area contributed by atoms with Crippen molar-refractivity contribution >= 4 is 10.8 Å². The Balaban J connectivity index is 2.23. The van der Waals surface area contributed by atoms with Crippen molar-refractivity contribution in [1.29, 1.82) is 0 Å². The van der Waals surface area contributed by atoms with Crippen molar-refractivity contribution in [2.45, 2.75) is 25.7 Å². The van der Waals surface area contributed by atoms with E-state index >= 15 is 0 Å². The van der Waals surface area contributed by atoms with E-state index in [9.17, 15) is 0 Å². The van der Waals surface area contributed by atoms with Crippen molar-refractivity contribution in [3.05, 3.63) is 41.2 Å². The summed E-state index contributed by atoms with van der Waals surface area (Å²) in [6.45, 7) is 0.670. The first-order valence-corrected chi connectivity index (χ1v) is 5.98. The molecule has 0 atom stereocenters. The zero-order valence-electron chi connectivity index (χ0n) is 9.37. The largest absolute Gasteiger partial charge is 0.330 e. The van der Waals surface area contributed by atoms with Gasteiger partial charge in [-0.2, -0.15) is 0 Å². The van der Waals surface area contributed by atoms with Crippen LogP contribution in [-0.4, -0.2) is 11.5 Å². The number of benzene rings is 1. The molecule has 0 bridgehead atoms. The molecule has 0 radical (unpaired) electrons. The second-order valence-electron chi connectivity index (χ2n) is 4.49. The van der Waals surface area contributed by atoms with Crippen LogP contribution < -0.4 is 5.73 Å². The second kappa shape index (κ2) is 3.87. The first-order chi connectivity index (χ1) is 7.88. The molecule has 0 spiro atoms. The fourth-order valence-corrected chi connectivity index (χ4v) is 2.64. The molecule has 0 saturated carbocycles. The zero-order valence-corrected chi connectivity index (χ0v) is 9.37. The molecule has 2 nitrogen and oxygen atoms in total. The molecule has 1 heterocycles. The van der Waals surface area contributed by atoms with E-state index in [1.54, 1.807) is 0 Å². The molecule has 82 valence electrons. The third-order valence-electron chi connectivity index (χ3n) is 3.44. The fraction of sp³-hybridized carbons (Fsp3) is 0.357. The summed E-state index contributed by atoms with van der Waals surface area (Å²) in [5.41, 5.74) is 9.81. The summed E-state index contributed by atoms with van der Waals surface area (Å²) in [6, 6.07) is 6.77. The molecular weight excluding hydrogens is 196 g/mol. The Morgan fingerprint density at radius 2 is 2.00 bits per heavy atom. The predicted octanol–water partition coefficient (Wildman–Crippen LogP) is 2.22. The molecule has 0 aliphatic heterocycles. The third kappa shape index (κ3) is 1.50. The van der Waals surface area contributed by atoms with E-state index < -0.39 is 0 Å². The van der Waals surface area contributed by atoms with Gasteiger partial charge >= 0.3 is 0 Å². The van der Waals surface area contributed by atoms with Gasteiger partial charge in [0.1, 0.15) is 0 Å². The summed E-state index contributed by atoms with van der Waals surface area (Å²) in [4.78, 5) is 4.44. The van der Waals surface area contributed by atoms with Crippen LogP contribution in [0.4, 0.5) is 0 Å². The Kier molecular flexibility index (Phi) is 2.37. The summed E-state index contributed by atoms with van der Waals surface area (Å²) in [5.74, 6) is 0. The lowest BCUT2D eigenvalue weighted by molar-refractivity contribution is 0.912. The number of aromatic nitrogens is 1. The van der Waals surface area contributed by atoms with E-state index in [-0.39, 0.29) is 0 Å². The highest BCUT2D eigenvalue weighted by Crippen LogP contribution is 2.28. The van der Waals surface area contributed by atoms with Gasteiger partial charge in [-0.15, -0.1) is 0 Å². The maximum Gasteiger partial charge on any atom is 0.0494 e. The number of hydrogen-bond donors (Lipinski definition) is 1. The maximum atomic E-state index is 5.62. The summed E-state index contributed by atoms with van der Waals surface area (Å²) < 4.78 is 0. The fourth-order valence-electron chi connectivity index (χ4n) is 2.64.